The quantitative estimate of drug-likeness (QED) is 0.686. The molecular formula is C8H12O6. The summed E-state index contributed by atoms with van der Waals surface area (Å²) in [6, 6.07) is 0. The summed E-state index contributed by atoms with van der Waals surface area (Å²) in [7, 11) is 0. The van der Waals surface area contributed by atoms with Crippen molar-refractivity contribution in [3.63, 3.8) is 0 Å². The summed E-state index contributed by atoms with van der Waals surface area (Å²) in [6.07, 6.45) is 0.428. The molecular weight excluding hydrogens is 192 g/mol. The average Bonchev–Trinajstić information content (AvgIpc) is 2.48. The third-order valence-electron chi connectivity index (χ3n) is 2.66. The number of carbonyl (C=O) groups is 1. The van der Waals surface area contributed by atoms with Crippen molar-refractivity contribution in [3.05, 3.63) is 0 Å². The maximum Gasteiger partial charge on any atom is 0.303 e. The maximum atomic E-state index is 10.4. The minimum atomic E-state index is -0.982. The Bertz CT molecular complexity index is 237. The number of rotatable bonds is 3. The van der Waals surface area contributed by atoms with E-state index in [-0.39, 0.29) is 12.3 Å². The molecule has 2 aliphatic heterocycles. The summed E-state index contributed by atoms with van der Waals surface area (Å²) in [6.45, 7) is 3.33. The number of carboxylic acids is 1. The molecule has 0 aromatic heterocycles. The van der Waals surface area contributed by atoms with Gasteiger partial charge in [0.2, 0.25) is 11.6 Å². The molecule has 2 rings (SSSR count). The van der Waals surface area contributed by atoms with Gasteiger partial charge in [-0.1, -0.05) is 0 Å². The predicted octanol–water partition coefficient (Wildman–Crippen LogP) is 0.823. The molecule has 14 heavy (non-hydrogen) atoms. The highest BCUT2D eigenvalue weighted by molar-refractivity contribution is 5.66. The summed E-state index contributed by atoms with van der Waals surface area (Å²) in [4.78, 5) is 30.2. The first-order valence-corrected chi connectivity index (χ1v) is 4.42. The maximum absolute atomic E-state index is 10.4. The lowest BCUT2D eigenvalue weighted by Crippen LogP contribution is -2.33. The lowest BCUT2D eigenvalue weighted by atomic mass is 9.89. The topological polar surface area (TPSA) is 74.2 Å². The fourth-order valence-corrected chi connectivity index (χ4v) is 1.86. The highest BCUT2D eigenvalue weighted by Gasteiger charge is 2.65. The van der Waals surface area contributed by atoms with Crippen molar-refractivity contribution >= 4 is 5.97 Å². The molecule has 0 atom stereocenters. The second-order valence-electron chi connectivity index (χ2n) is 3.85. The molecule has 0 radical (unpaired) electrons. The van der Waals surface area contributed by atoms with Gasteiger partial charge >= 0.3 is 5.97 Å². The van der Waals surface area contributed by atoms with Gasteiger partial charge in [-0.3, -0.25) is 4.79 Å². The molecule has 0 unspecified atom stereocenters. The third-order valence-corrected chi connectivity index (χ3v) is 2.66. The van der Waals surface area contributed by atoms with E-state index in [0.29, 0.717) is 6.42 Å². The number of fused-ring (bicyclic) bond motifs is 2. The molecule has 2 heterocycles. The normalized spacial score (nSPS) is 45.7. The number of hydrogen-bond acceptors (Lipinski definition) is 5. The molecule has 0 aromatic carbocycles. The highest BCUT2D eigenvalue weighted by Crippen LogP contribution is 2.51. The zero-order valence-corrected chi connectivity index (χ0v) is 7.98. The molecule has 6 heteroatoms. The van der Waals surface area contributed by atoms with E-state index >= 15 is 0 Å². The second kappa shape index (κ2) is 2.90. The SMILES string of the molecule is CC12OOC(C)(OO1)C2CCC(=O)O. The van der Waals surface area contributed by atoms with Crippen LogP contribution in [0.1, 0.15) is 26.7 Å². The first kappa shape index (κ1) is 9.85. The lowest BCUT2D eigenvalue weighted by Gasteiger charge is -2.20. The fraction of sp³-hybridized carbons (Fsp3) is 0.875. The van der Waals surface area contributed by atoms with E-state index in [4.69, 9.17) is 24.7 Å². The van der Waals surface area contributed by atoms with Crippen molar-refractivity contribution in [1.29, 1.82) is 0 Å². The van der Waals surface area contributed by atoms with E-state index < -0.39 is 17.5 Å². The van der Waals surface area contributed by atoms with Crippen LogP contribution in [0.3, 0.4) is 0 Å². The van der Waals surface area contributed by atoms with E-state index in [0.717, 1.165) is 0 Å². The number of aliphatic carboxylic acids is 1. The molecule has 6 nitrogen and oxygen atoms in total. The van der Waals surface area contributed by atoms with Gasteiger partial charge in [0.05, 0.1) is 5.92 Å². The predicted molar refractivity (Wildman–Crippen MR) is 41.5 cm³/mol. The van der Waals surface area contributed by atoms with Gasteiger partial charge in [-0.15, -0.1) is 0 Å². The third kappa shape index (κ3) is 1.31. The zero-order valence-electron chi connectivity index (χ0n) is 7.98. The fourth-order valence-electron chi connectivity index (χ4n) is 1.86. The van der Waals surface area contributed by atoms with Crippen LogP contribution < -0.4 is 0 Å². The van der Waals surface area contributed by atoms with Crippen LogP contribution in [0, 0.1) is 5.92 Å². The van der Waals surface area contributed by atoms with Gasteiger partial charge in [-0.25, -0.2) is 0 Å². The molecule has 80 valence electrons. The summed E-state index contributed by atoms with van der Waals surface area (Å²) in [5.41, 5.74) is 0. The summed E-state index contributed by atoms with van der Waals surface area (Å²) in [5.74, 6) is -3.05. The smallest absolute Gasteiger partial charge is 0.303 e. The minimum Gasteiger partial charge on any atom is -0.481 e. The van der Waals surface area contributed by atoms with Crippen LogP contribution in [0.25, 0.3) is 0 Å². The van der Waals surface area contributed by atoms with E-state index in [1.165, 1.54) is 0 Å². The molecule has 0 amide bonds. The van der Waals surface area contributed by atoms with Crippen molar-refractivity contribution in [3.8, 4) is 0 Å². The highest BCUT2D eigenvalue weighted by atomic mass is 17.4. The Labute approximate surface area is 80.6 Å². The van der Waals surface area contributed by atoms with Gasteiger partial charge in [0, 0.05) is 6.42 Å². The monoisotopic (exact) mass is 204 g/mol. The Morgan fingerprint density at radius 3 is 2.00 bits per heavy atom. The summed E-state index contributed by atoms with van der Waals surface area (Å²) < 4.78 is 0. The molecule has 2 saturated heterocycles. The van der Waals surface area contributed by atoms with Gasteiger partial charge in [-0.2, -0.15) is 19.6 Å². The zero-order chi connectivity index (χ0) is 10.4. The lowest BCUT2D eigenvalue weighted by molar-refractivity contribution is -0.583. The second-order valence-corrected chi connectivity index (χ2v) is 3.85. The standard InChI is InChI=1S/C8H12O6/c1-7-5(3-4-6(9)10)8(2,13-11-7)14-12-7/h5H,3-4H2,1-2H3,(H,9,10). The van der Waals surface area contributed by atoms with Crippen LogP contribution in [-0.2, 0) is 24.3 Å². The first-order valence-electron chi connectivity index (χ1n) is 4.42. The van der Waals surface area contributed by atoms with E-state index in [2.05, 4.69) is 0 Å². The van der Waals surface area contributed by atoms with Crippen LogP contribution in [0.2, 0.25) is 0 Å². The Hall–Kier alpha value is -0.690. The average molecular weight is 204 g/mol. The molecule has 2 fully saturated rings. The van der Waals surface area contributed by atoms with Crippen molar-refractivity contribution < 1.29 is 29.5 Å². The Morgan fingerprint density at radius 1 is 1.21 bits per heavy atom. The van der Waals surface area contributed by atoms with Crippen LogP contribution in [0.4, 0.5) is 0 Å². The van der Waals surface area contributed by atoms with Gasteiger partial charge in [0.25, 0.3) is 0 Å². The Morgan fingerprint density at radius 2 is 1.64 bits per heavy atom. The van der Waals surface area contributed by atoms with Gasteiger partial charge in [0.1, 0.15) is 0 Å². The van der Waals surface area contributed by atoms with Crippen molar-refractivity contribution in [2.75, 3.05) is 0 Å². The van der Waals surface area contributed by atoms with E-state index in [1.807, 2.05) is 0 Å². The van der Waals surface area contributed by atoms with Crippen LogP contribution in [0.5, 0.6) is 0 Å². The van der Waals surface area contributed by atoms with Gasteiger partial charge in [-0.05, 0) is 20.3 Å². The molecule has 1 N–H and O–H groups in total. The molecule has 0 aliphatic carbocycles. The summed E-state index contributed by atoms with van der Waals surface area (Å²) >= 11 is 0. The largest absolute Gasteiger partial charge is 0.481 e. The number of carboxylic acid groups (broad SMARTS) is 1. The Balaban J connectivity index is 2.07. The van der Waals surface area contributed by atoms with Gasteiger partial charge in [0.15, 0.2) is 0 Å². The molecule has 0 aromatic rings. The summed E-state index contributed by atoms with van der Waals surface area (Å²) in [5, 5.41) is 8.57. The first-order chi connectivity index (χ1) is 6.46. The van der Waals surface area contributed by atoms with Crippen molar-refractivity contribution in [2.24, 2.45) is 5.92 Å². The van der Waals surface area contributed by atoms with Gasteiger partial charge < -0.3 is 5.11 Å². The molecule has 0 saturated carbocycles. The number of hydrogen-bond donors (Lipinski definition) is 1. The minimum absolute atomic E-state index is 0.0370. The Kier molecular flexibility index (Phi) is 2.04. The molecule has 2 aliphatic rings. The van der Waals surface area contributed by atoms with Crippen LogP contribution in [0.15, 0.2) is 0 Å². The molecule has 2 bridgehead atoms. The van der Waals surface area contributed by atoms with E-state index in [1.54, 1.807) is 13.8 Å². The van der Waals surface area contributed by atoms with Crippen LogP contribution in [-0.4, -0.2) is 22.7 Å². The molecule has 0 spiro atoms. The van der Waals surface area contributed by atoms with Crippen molar-refractivity contribution in [1.82, 2.24) is 0 Å². The van der Waals surface area contributed by atoms with E-state index in [9.17, 15) is 4.79 Å². The van der Waals surface area contributed by atoms with Crippen LogP contribution >= 0.6 is 0 Å². The van der Waals surface area contributed by atoms with Crippen molar-refractivity contribution in [2.45, 2.75) is 38.3 Å².